The van der Waals surface area contributed by atoms with Gasteiger partial charge in [0.25, 0.3) is 17.7 Å². The van der Waals surface area contributed by atoms with Crippen molar-refractivity contribution in [3.63, 3.8) is 0 Å². The Morgan fingerprint density at radius 1 is 0.864 bits per heavy atom. The van der Waals surface area contributed by atoms with Crippen LogP contribution in [-0.4, -0.2) is 53.8 Å². The minimum Gasteiger partial charge on any atom is -0.358 e. The highest BCUT2D eigenvalue weighted by Gasteiger charge is 2.26. The van der Waals surface area contributed by atoms with E-state index in [1.165, 1.54) is 0 Å². The van der Waals surface area contributed by atoms with Gasteiger partial charge in [-0.2, -0.15) is 0 Å². The second kappa shape index (κ2) is 13.4. The number of aryl methyl sites for hydroxylation is 1. The van der Waals surface area contributed by atoms with E-state index in [1.807, 2.05) is 80.6 Å². The van der Waals surface area contributed by atoms with Gasteiger partial charge in [0.05, 0.1) is 16.8 Å². The highest BCUT2D eigenvalue weighted by atomic mass is 16.2. The van der Waals surface area contributed by atoms with Gasteiger partial charge in [0.1, 0.15) is 0 Å². The van der Waals surface area contributed by atoms with Crippen molar-refractivity contribution < 1.29 is 14.4 Å². The summed E-state index contributed by atoms with van der Waals surface area (Å²) in [6.07, 6.45) is 1.81. The quantitative estimate of drug-likeness (QED) is 0.134. The number of aromatic amines is 1. The second-order valence-electron chi connectivity index (χ2n) is 10.7. The van der Waals surface area contributed by atoms with E-state index in [0.29, 0.717) is 34.6 Å². The van der Waals surface area contributed by atoms with Gasteiger partial charge in [-0.15, -0.1) is 0 Å². The summed E-state index contributed by atoms with van der Waals surface area (Å²) in [5, 5.41) is 12.3. The molecule has 9 nitrogen and oxygen atoms in total. The Labute approximate surface area is 257 Å². The molecule has 0 radical (unpaired) electrons. The molecule has 3 amide bonds. The first-order chi connectivity index (χ1) is 21.3. The Kier molecular flexibility index (Phi) is 9.26. The Hall–Kier alpha value is -5.15. The third-order valence-electron chi connectivity index (χ3n) is 7.85. The summed E-state index contributed by atoms with van der Waals surface area (Å²) >= 11 is 0. The number of hydrogen-bond donors (Lipinski definition) is 5. The van der Waals surface area contributed by atoms with E-state index in [0.717, 1.165) is 53.5 Å². The molecule has 44 heavy (non-hydrogen) atoms. The maximum Gasteiger partial charge on any atom is 0.256 e. The third kappa shape index (κ3) is 6.74. The number of fused-ring (bicyclic) bond motifs is 1. The molecule has 5 N–H and O–H groups in total. The van der Waals surface area contributed by atoms with E-state index in [-0.39, 0.29) is 17.7 Å². The van der Waals surface area contributed by atoms with Crippen molar-refractivity contribution in [1.29, 1.82) is 0 Å². The lowest BCUT2D eigenvalue weighted by Crippen LogP contribution is -2.35. The Morgan fingerprint density at radius 3 is 2.34 bits per heavy atom. The van der Waals surface area contributed by atoms with Crippen LogP contribution >= 0.6 is 0 Å². The highest BCUT2D eigenvalue weighted by Crippen LogP contribution is 2.36. The van der Waals surface area contributed by atoms with Crippen molar-refractivity contribution in [1.82, 2.24) is 15.2 Å². The zero-order valence-electron chi connectivity index (χ0n) is 25.5. The predicted octanol–water partition coefficient (Wildman–Crippen LogP) is 6.19. The first-order valence-corrected chi connectivity index (χ1v) is 14.9. The van der Waals surface area contributed by atoms with Crippen LogP contribution in [0.25, 0.3) is 11.6 Å². The topological polar surface area (TPSA) is 118 Å². The summed E-state index contributed by atoms with van der Waals surface area (Å²) in [6.45, 7) is 11.2. The van der Waals surface area contributed by atoms with Crippen LogP contribution in [0.4, 0.5) is 22.7 Å². The fraction of sp³-hybridized carbons (Fsp3) is 0.229. The largest absolute Gasteiger partial charge is 0.358 e. The van der Waals surface area contributed by atoms with Crippen LogP contribution in [-0.2, 0) is 4.79 Å². The SMILES string of the molecule is CCN(CC)CCNC(=O)c1c(C)[nH]c(/C=C2\C(=O)Nc3cc(Nc4cccc(NC(=O)c5ccccc5)c4)ccc32)c1C. The van der Waals surface area contributed by atoms with E-state index < -0.39 is 0 Å². The Bertz CT molecular complexity index is 1720. The van der Waals surface area contributed by atoms with Crippen LogP contribution < -0.4 is 21.3 Å². The number of nitrogens with one attached hydrogen (secondary N) is 5. The molecule has 1 aromatic heterocycles. The molecular formula is C35H38N6O3. The number of amides is 3. The number of likely N-dealkylation sites (N-methyl/N-ethyl adjacent to an activating group) is 1. The Morgan fingerprint density at radius 2 is 1.59 bits per heavy atom. The number of H-pyrrole nitrogens is 1. The van der Waals surface area contributed by atoms with Gasteiger partial charge in [-0.1, -0.05) is 44.2 Å². The van der Waals surface area contributed by atoms with Crippen LogP contribution in [0, 0.1) is 13.8 Å². The molecule has 1 aliphatic heterocycles. The van der Waals surface area contributed by atoms with Crippen molar-refractivity contribution in [2.75, 3.05) is 42.1 Å². The predicted molar refractivity (Wildman–Crippen MR) is 177 cm³/mol. The average molecular weight is 591 g/mol. The van der Waals surface area contributed by atoms with E-state index in [2.05, 4.69) is 45.0 Å². The standard InChI is InChI=1S/C35H38N6O3/c1-5-41(6-2)18-17-36-35(44)32-22(3)30(37-23(32)4)21-29-28-16-15-27(20-31(28)40-34(29)43)38-25-13-10-14-26(19-25)39-33(42)24-11-8-7-9-12-24/h7-16,19-21,37-38H,5-6,17-18H2,1-4H3,(H,36,44)(H,39,42)(H,40,43)/b29-21-. The molecular weight excluding hydrogens is 552 g/mol. The van der Waals surface area contributed by atoms with Crippen molar-refractivity contribution in [3.05, 3.63) is 106 Å². The number of carbonyl (C=O) groups excluding carboxylic acids is 3. The number of hydrogen-bond acceptors (Lipinski definition) is 5. The van der Waals surface area contributed by atoms with Crippen molar-refractivity contribution >= 4 is 52.1 Å². The smallest absolute Gasteiger partial charge is 0.256 e. The first-order valence-electron chi connectivity index (χ1n) is 14.9. The lowest BCUT2D eigenvalue weighted by atomic mass is 10.0. The lowest BCUT2D eigenvalue weighted by molar-refractivity contribution is -0.110. The minimum atomic E-state index is -0.209. The molecule has 3 aromatic carbocycles. The number of anilines is 4. The molecule has 226 valence electrons. The second-order valence-corrected chi connectivity index (χ2v) is 10.7. The number of nitrogens with zero attached hydrogens (tertiary/aromatic N) is 1. The average Bonchev–Trinajstić information content (AvgIpc) is 3.48. The summed E-state index contributed by atoms with van der Waals surface area (Å²) in [5.41, 5.74) is 7.71. The van der Waals surface area contributed by atoms with Gasteiger partial charge in [0, 0.05) is 52.7 Å². The molecule has 9 heteroatoms. The summed E-state index contributed by atoms with van der Waals surface area (Å²) in [6, 6.07) is 22.2. The number of aromatic nitrogens is 1. The van der Waals surface area contributed by atoms with Gasteiger partial charge >= 0.3 is 0 Å². The van der Waals surface area contributed by atoms with Crippen LogP contribution in [0.5, 0.6) is 0 Å². The van der Waals surface area contributed by atoms with Crippen molar-refractivity contribution in [2.24, 2.45) is 0 Å². The minimum absolute atomic E-state index is 0.122. The number of rotatable bonds is 11. The fourth-order valence-corrected chi connectivity index (χ4v) is 5.41. The maximum atomic E-state index is 13.0. The van der Waals surface area contributed by atoms with Gasteiger partial charge in [-0.25, -0.2) is 0 Å². The fourth-order valence-electron chi connectivity index (χ4n) is 5.41. The number of carbonyl (C=O) groups is 3. The van der Waals surface area contributed by atoms with E-state index in [9.17, 15) is 14.4 Å². The molecule has 0 saturated carbocycles. The monoisotopic (exact) mass is 590 g/mol. The van der Waals surface area contributed by atoms with Crippen LogP contribution in [0.2, 0.25) is 0 Å². The molecule has 1 aliphatic rings. The molecule has 4 aromatic rings. The summed E-state index contributed by atoms with van der Waals surface area (Å²) in [5.74, 6) is -0.513. The van der Waals surface area contributed by atoms with Gasteiger partial charge in [0.15, 0.2) is 0 Å². The molecule has 0 bridgehead atoms. The first kappa shape index (κ1) is 30.3. The van der Waals surface area contributed by atoms with Crippen LogP contribution in [0.3, 0.4) is 0 Å². The van der Waals surface area contributed by atoms with Gasteiger partial charge < -0.3 is 31.2 Å². The highest BCUT2D eigenvalue weighted by molar-refractivity contribution is 6.35. The van der Waals surface area contributed by atoms with Gasteiger partial charge in [-0.3, -0.25) is 14.4 Å². The van der Waals surface area contributed by atoms with Crippen LogP contribution in [0.15, 0.2) is 72.8 Å². The normalized spacial score (nSPS) is 13.1. The maximum absolute atomic E-state index is 13.0. The van der Waals surface area contributed by atoms with Crippen molar-refractivity contribution in [2.45, 2.75) is 27.7 Å². The summed E-state index contributed by atoms with van der Waals surface area (Å²) < 4.78 is 0. The molecule has 0 aliphatic carbocycles. The van der Waals surface area contributed by atoms with Crippen molar-refractivity contribution in [3.8, 4) is 0 Å². The molecule has 5 rings (SSSR count). The molecule has 0 atom stereocenters. The summed E-state index contributed by atoms with van der Waals surface area (Å²) in [4.78, 5) is 44.2. The lowest BCUT2D eigenvalue weighted by Gasteiger charge is -2.18. The molecule has 0 spiro atoms. The van der Waals surface area contributed by atoms with Gasteiger partial charge in [0.2, 0.25) is 0 Å². The molecule has 0 fully saturated rings. The molecule has 0 unspecified atom stereocenters. The zero-order valence-corrected chi connectivity index (χ0v) is 25.5. The van der Waals surface area contributed by atoms with E-state index in [1.54, 1.807) is 12.1 Å². The van der Waals surface area contributed by atoms with E-state index in [4.69, 9.17) is 0 Å². The third-order valence-corrected chi connectivity index (χ3v) is 7.85. The van der Waals surface area contributed by atoms with E-state index >= 15 is 0 Å². The molecule has 0 saturated heterocycles. The Balaban J connectivity index is 1.29. The van der Waals surface area contributed by atoms with Crippen LogP contribution in [0.1, 0.15) is 57.1 Å². The summed E-state index contributed by atoms with van der Waals surface area (Å²) in [7, 11) is 0. The zero-order chi connectivity index (χ0) is 31.2. The number of benzene rings is 3. The van der Waals surface area contributed by atoms with Gasteiger partial charge in [-0.05, 0) is 81.0 Å². The molecule has 2 heterocycles.